The number of nitrogens with zero attached hydrogens (tertiary/aromatic N) is 1. The van der Waals surface area contributed by atoms with E-state index in [1.807, 2.05) is 0 Å². The Kier molecular flexibility index (Phi) is 4.37. The number of carbonyl (C=O) groups is 1. The fraction of sp³-hybridized carbons (Fsp3) is 0.538. The Morgan fingerprint density at radius 1 is 1.47 bits per heavy atom. The number of amides is 1. The molecule has 1 heterocycles. The molecule has 1 saturated carbocycles. The molecule has 0 aliphatic heterocycles. The summed E-state index contributed by atoms with van der Waals surface area (Å²) in [7, 11) is 0. The second-order valence-electron chi connectivity index (χ2n) is 4.55. The van der Waals surface area contributed by atoms with Crippen LogP contribution in [0.4, 0.5) is 0 Å². The molecule has 92 valence electrons. The van der Waals surface area contributed by atoms with Gasteiger partial charge in [0.1, 0.15) is 0 Å². The van der Waals surface area contributed by atoms with Gasteiger partial charge in [-0.05, 0) is 18.4 Å². The highest BCUT2D eigenvalue weighted by Gasteiger charge is 2.15. The summed E-state index contributed by atoms with van der Waals surface area (Å²) in [5.41, 5.74) is 0.459. The highest BCUT2D eigenvalue weighted by atomic mass is 35.5. The molecule has 2 rings (SSSR count). The van der Waals surface area contributed by atoms with E-state index in [2.05, 4.69) is 10.3 Å². The molecule has 1 fully saturated rings. The highest BCUT2D eigenvalue weighted by Crippen LogP contribution is 2.26. The van der Waals surface area contributed by atoms with Crippen molar-refractivity contribution in [1.29, 1.82) is 0 Å². The van der Waals surface area contributed by atoms with Gasteiger partial charge in [-0.3, -0.25) is 9.78 Å². The van der Waals surface area contributed by atoms with Gasteiger partial charge in [-0.1, -0.05) is 37.3 Å². The first-order valence-electron chi connectivity index (χ1n) is 6.15. The van der Waals surface area contributed by atoms with Crippen molar-refractivity contribution < 1.29 is 4.79 Å². The molecule has 0 saturated heterocycles. The van der Waals surface area contributed by atoms with Gasteiger partial charge in [0, 0.05) is 18.9 Å². The first-order valence-corrected chi connectivity index (χ1v) is 6.53. The summed E-state index contributed by atoms with van der Waals surface area (Å²) < 4.78 is 0. The zero-order valence-corrected chi connectivity index (χ0v) is 10.5. The predicted molar refractivity (Wildman–Crippen MR) is 68.2 cm³/mol. The van der Waals surface area contributed by atoms with Crippen molar-refractivity contribution in [3.8, 4) is 0 Å². The summed E-state index contributed by atoms with van der Waals surface area (Å²) in [6.07, 6.45) is 9.46. The topological polar surface area (TPSA) is 42.0 Å². The van der Waals surface area contributed by atoms with Gasteiger partial charge >= 0.3 is 0 Å². The number of halogens is 1. The van der Waals surface area contributed by atoms with Crippen molar-refractivity contribution >= 4 is 17.5 Å². The first kappa shape index (κ1) is 12.4. The van der Waals surface area contributed by atoms with Gasteiger partial charge in [0.25, 0.3) is 5.91 Å². The second-order valence-corrected chi connectivity index (χ2v) is 4.96. The standard InChI is InChI=1S/C13H17ClN2O/c14-12-6-7-15-9-11(12)13(17)16-8-5-10-3-1-2-4-10/h6-7,9-10H,1-5,8H2,(H,16,17). The number of hydrogen-bond donors (Lipinski definition) is 1. The SMILES string of the molecule is O=C(NCCC1CCCC1)c1cnccc1Cl. The van der Waals surface area contributed by atoms with Crippen LogP contribution < -0.4 is 5.32 Å². The quantitative estimate of drug-likeness (QED) is 0.895. The minimum Gasteiger partial charge on any atom is -0.352 e. The van der Waals surface area contributed by atoms with Crippen molar-refractivity contribution in [3.63, 3.8) is 0 Å². The lowest BCUT2D eigenvalue weighted by Gasteiger charge is -2.10. The van der Waals surface area contributed by atoms with Crippen molar-refractivity contribution in [3.05, 3.63) is 29.0 Å². The van der Waals surface area contributed by atoms with Gasteiger partial charge in [0.15, 0.2) is 0 Å². The van der Waals surface area contributed by atoms with Gasteiger partial charge in [-0.15, -0.1) is 0 Å². The molecule has 1 aliphatic carbocycles. The maximum atomic E-state index is 11.8. The molecule has 0 radical (unpaired) electrons. The van der Waals surface area contributed by atoms with Gasteiger partial charge < -0.3 is 5.32 Å². The van der Waals surface area contributed by atoms with E-state index >= 15 is 0 Å². The highest BCUT2D eigenvalue weighted by molar-refractivity contribution is 6.33. The third-order valence-corrected chi connectivity index (χ3v) is 3.65. The zero-order chi connectivity index (χ0) is 12.1. The summed E-state index contributed by atoms with van der Waals surface area (Å²) >= 11 is 5.92. The number of pyridine rings is 1. The minimum atomic E-state index is -0.124. The average Bonchev–Trinajstić information content (AvgIpc) is 2.82. The summed E-state index contributed by atoms with van der Waals surface area (Å²) in [6.45, 7) is 0.731. The molecule has 1 aliphatic rings. The molecule has 1 aromatic heterocycles. The number of hydrogen-bond acceptors (Lipinski definition) is 2. The summed E-state index contributed by atoms with van der Waals surface area (Å²) in [5, 5.41) is 3.36. The molecular formula is C13H17ClN2O. The largest absolute Gasteiger partial charge is 0.352 e. The van der Waals surface area contributed by atoms with E-state index in [0.717, 1.165) is 18.9 Å². The van der Waals surface area contributed by atoms with E-state index in [1.165, 1.54) is 31.9 Å². The maximum Gasteiger partial charge on any atom is 0.254 e. The van der Waals surface area contributed by atoms with E-state index in [-0.39, 0.29) is 5.91 Å². The lowest BCUT2D eigenvalue weighted by Crippen LogP contribution is -2.26. The van der Waals surface area contributed by atoms with E-state index in [1.54, 1.807) is 12.3 Å². The Hall–Kier alpha value is -1.09. The zero-order valence-electron chi connectivity index (χ0n) is 9.79. The van der Waals surface area contributed by atoms with Gasteiger partial charge in [0.05, 0.1) is 10.6 Å². The Morgan fingerprint density at radius 2 is 2.24 bits per heavy atom. The fourth-order valence-electron chi connectivity index (χ4n) is 2.33. The average molecular weight is 253 g/mol. The molecule has 1 N–H and O–H groups in total. The van der Waals surface area contributed by atoms with Crippen LogP contribution in [0.1, 0.15) is 42.5 Å². The first-order chi connectivity index (χ1) is 8.27. The third-order valence-electron chi connectivity index (χ3n) is 3.33. The van der Waals surface area contributed by atoms with Crippen LogP contribution in [0.3, 0.4) is 0 Å². The van der Waals surface area contributed by atoms with Crippen LogP contribution in [-0.2, 0) is 0 Å². The summed E-state index contributed by atoms with van der Waals surface area (Å²) in [4.78, 5) is 15.7. The van der Waals surface area contributed by atoms with Crippen LogP contribution in [0.15, 0.2) is 18.5 Å². The molecule has 0 bridgehead atoms. The van der Waals surface area contributed by atoms with Gasteiger partial charge in [-0.2, -0.15) is 0 Å². The molecule has 0 unspecified atom stereocenters. The van der Waals surface area contributed by atoms with Crippen LogP contribution in [0.25, 0.3) is 0 Å². The van der Waals surface area contributed by atoms with E-state index in [4.69, 9.17) is 11.6 Å². The third kappa shape index (κ3) is 3.43. The molecule has 0 aromatic carbocycles. The second kappa shape index (κ2) is 6.01. The lowest BCUT2D eigenvalue weighted by atomic mass is 10.0. The van der Waals surface area contributed by atoms with Crippen LogP contribution in [0, 0.1) is 5.92 Å². The normalized spacial score (nSPS) is 16.1. The Balaban J connectivity index is 1.79. The van der Waals surface area contributed by atoms with Crippen LogP contribution >= 0.6 is 11.6 Å². The smallest absolute Gasteiger partial charge is 0.254 e. The predicted octanol–water partition coefficient (Wildman–Crippen LogP) is 3.05. The van der Waals surface area contributed by atoms with E-state index in [0.29, 0.717) is 10.6 Å². The van der Waals surface area contributed by atoms with Crippen molar-refractivity contribution in [1.82, 2.24) is 10.3 Å². The molecule has 17 heavy (non-hydrogen) atoms. The number of aromatic nitrogens is 1. The van der Waals surface area contributed by atoms with Crippen molar-refractivity contribution in [2.45, 2.75) is 32.1 Å². The lowest BCUT2D eigenvalue weighted by molar-refractivity contribution is 0.0951. The minimum absolute atomic E-state index is 0.124. The summed E-state index contributed by atoms with van der Waals surface area (Å²) in [5.74, 6) is 0.667. The number of carbonyl (C=O) groups excluding carboxylic acids is 1. The molecule has 1 aromatic rings. The number of nitrogens with one attached hydrogen (secondary N) is 1. The summed E-state index contributed by atoms with van der Waals surface area (Å²) in [6, 6.07) is 1.63. The molecule has 1 amide bonds. The van der Waals surface area contributed by atoms with Crippen molar-refractivity contribution in [2.24, 2.45) is 5.92 Å². The maximum absolute atomic E-state index is 11.8. The Labute approximate surface area is 107 Å². The Bertz CT molecular complexity index is 389. The van der Waals surface area contributed by atoms with Gasteiger partial charge in [0.2, 0.25) is 0 Å². The fourth-order valence-corrected chi connectivity index (χ4v) is 2.52. The molecule has 0 spiro atoms. The van der Waals surface area contributed by atoms with E-state index < -0.39 is 0 Å². The molecule has 4 heteroatoms. The Morgan fingerprint density at radius 3 is 2.94 bits per heavy atom. The van der Waals surface area contributed by atoms with Crippen molar-refractivity contribution in [2.75, 3.05) is 6.54 Å². The molecule has 0 atom stereocenters. The monoisotopic (exact) mass is 252 g/mol. The van der Waals surface area contributed by atoms with Gasteiger partial charge in [-0.25, -0.2) is 0 Å². The number of rotatable bonds is 4. The van der Waals surface area contributed by atoms with Crippen LogP contribution in [0.5, 0.6) is 0 Å². The molecule has 3 nitrogen and oxygen atoms in total. The van der Waals surface area contributed by atoms with Crippen LogP contribution in [-0.4, -0.2) is 17.4 Å². The van der Waals surface area contributed by atoms with E-state index in [9.17, 15) is 4.79 Å². The van der Waals surface area contributed by atoms with Crippen LogP contribution in [0.2, 0.25) is 5.02 Å². The molecular weight excluding hydrogens is 236 g/mol.